The molecule has 2 heterocycles. The van der Waals surface area contributed by atoms with E-state index in [1.54, 1.807) is 7.11 Å². The van der Waals surface area contributed by atoms with Gasteiger partial charge in [0.25, 0.3) is 0 Å². The zero-order valence-corrected chi connectivity index (χ0v) is 12.6. The molecule has 0 N–H and O–H groups in total. The Hall–Kier alpha value is -1.07. The number of methoxy groups -OCH3 is 1. The molecule has 0 bridgehead atoms. The molecule has 106 valence electrons. The van der Waals surface area contributed by atoms with Gasteiger partial charge in [0.15, 0.2) is 5.65 Å². The first-order valence-corrected chi connectivity index (χ1v) is 7.16. The molecule has 0 amide bonds. The van der Waals surface area contributed by atoms with Gasteiger partial charge in [-0.15, -0.1) is 11.6 Å². The molecule has 0 aliphatic carbocycles. The van der Waals surface area contributed by atoms with Crippen molar-refractivity contribution in [2.75, 3.05) is 19.6 Å². The fraction of sp³-hybridized carbons (Fsp3) is 0.692. The maximum absolute atomic E-state index is 5.87. The summed E-state index contributed by atoms with van der Waals surface area (Å²) in [4.78, 5) is 4.69. The van der Waals surface area contributed by atoms with Crippen molar-refractivity contribution in [3.63, 3.8) is 0 Å². The lowest BCUT2D eigenvalue weighted by Crippen LogP contribution is -2.09. The van der Waals surface area contributed by atoms with Crippen molar-refractivity contribution in [3.05, 3.63) is 11.5 Å². The smallest absolute Gasteiger partial charge is 0.158 e. The van der Waals surface area contributed by atoms with Gasteiger partial charge in [-0.1, -0.05) is 0 Å². The average molecular weight is 285 g/mol. The molecule has 0 aliphatic rings. The molecule has 2 aromatic rings. The lowest BCUT2D eigenvalue weighted by atomic mass is 10.3. The molecule has 5 nitrogen and oxygen atoms in total. The largest absolute Gasteiger partial charge is 0.385 e. The Morgan fingerprint density at radius 1 is 1.32 bits per heavy atom. The van der Waals surface area contributed by atoms with Gasteiger partial charge in [-0.25, -0.2) is 4.98 Å². The van der Waals surface area contributed by atoms with Crippen LogP contribution in [-0.2, 0) is 24.8 Å². The molecule has 0 aliphatic heterocycles. The summed E-state index contributed by atoms with van der Waals surface area (Å²) in [5.41, 5.74) is 3.06. The summed E-state index contributed by atoms with van der Waals surface area (Å²) in [5, 5.41) is 4.43. The van der Waals surface area contributed by atoms with Crippen LogP contribution in [0, 0.1) is 6.92 Å². The van der Waals surface area contributed by atoms with E-state index in [0.29, 0.717) is 5.88 Å². The Morgan fingerprint density at radius 2 is 2.11 bits per heavy atom. The standard InChI is InChI=1S/C13H21ClN4O/c1-10-12-13(17(2)16-10)18(8-4-5-9-19-3)11(15-12)6-7-14/h4-9H2,1-3H3. The summed E-state index contributed by atoms with van der Waals surface area (Å²) in [6.07, 6.45) is 2.91. The highest BCUT2D eigenvalue weighted by molar-refractivity contribution is 6.17. The first kappa shape index (κ1) is 14.3. The highest BCUT2D eigenvalue weighted by Gasteiger charge is 2.16. The van der Waals surface area contributed by atoms with Crippen LogP contribution in [0.25, 0.3) is 11.2 Å². The molecule has 0 fully saturated rings. The minimum atomic E-state index is 0.591. The number of aromatic nitrogens is 4. The van der Waals surface area contributed by atoms with Gasteiger partial charge < -0.3 is 9.30 Å². The maximum Gasteiger partial charge on any atom is 0.158 e. The SMILES string of the molecule is COCCCCn1c(CCCl)nc2c(C)nn(C)c21. The first-order chi connectivity index (χ1) is 9.19. The molecule has 0 saturated heterocycles. The van der Waals surface area contributed by atoms with Crippen molar-refractivity contribution in [1.82, 2.24) is 19.3 Å². The molecule has 0 spiro atoms. The second kappa shape index (κ2) is 6.39. The van der Waals surface area contributed by atoms with Crippen molar-refractivity contribution in [1.29, 1.82) is 0 Å². The predicted octanol–water partition coefficient (Wildman–Crippen LogP) is 2.29. The van der Waals surface area contributed by atoms with E-state index in [1.165, 1.54) is 0 Å². The number of nitrogens with zero attached hydrogens (tertiary/aromatic N) is 4. The minimum absolute atomic E-state index is 0.591. The molecule has 0 aromatic carbocycles. The normalized spacial score (nSPS) is 11.6. The number of aryl methyl sites for hydroxylation is 4. The number of hydrogen-bond acceptors (Lipinski definition) is 3. The molecular weight excluding hydrogens is 264 g/mol. The third-order valence-corrected chi connectivity index (χ3v) is 3.46. The van der Waals surface area contributed by atoms with Gasteiger partial charge in [-0.2, -0.15) is 5.10 Å². The Morgan fingerprint density at radius 3 is 2.79 bits per heavy atom. The van der Waals surface area contributed by atoms with E-state index >= 15 is 0 Å². The van der Waals surface area contributed by atoms with Gasteiger partial charge in [-0.05, 0) is 19.8 Å². The lowest BCUT2D eigenvalue weighted by Gasteiger charge is -2.08. The van der Waals surface area contributed by atoms with Crippen LogP contribution >= 0.6 is 11.6 Å². The van der Waals surface area contributed by atoms with Crippen molar-refractivity contribution >= 4 is 22.8 Å². The molecule has 0 radical (unpaired) electrons. The maximum atomic E-state index is 5.87. The van der Waals surface area contributed by atoms with E-state index in [0.717, 1.165) is 55.1 Å². The molecule has 0 atom stereocenters. The Kier molecular flexibility index (Phi) is 4.82. The van der Waals surface area contributed by atoms with E-state index in [1.807, 2.05) is 18.7 Å². The quantitative estimate of drug-likeness (QED) is 0.579. The number of alkyl halides is 1. The topological polar surface area (TPSA) is 44.9 Å². The van der Waals surface area contributed by atoms with Gasteiger partial charge in [0.05, 0.1) is 5.69 Å². The Labute approximate surface area is 118 Å². The first-order valence-electron chi connectivity index (χ1n) is 6.62. The second-order valence-electron chi connectivity index (χ2n) is 4.70. The highest BCUT2D eigenvalue weighted by atomic mass is 35.5. The van der Waals surface area contributed by atoms with Crippen molar-refractivity contribution < 1.29 is 4.74 Å². The summed E-state index contributed by atoms with van der Waals surface area (Å²) in [5.74, 6) is 1.65. The summed E-state index contributed by atoms with van der Waals surface area (Å²) in [6, 6.07) is 0. The van der Waals surface area contributed by atoms with Crippen LogP contribution in [0.5, 0.6) is 0 Å². The van der Waals surface area contributed by atoms with E-state index in [9.17, 15) is 0 Å². The Bertz CT molecular complexity index is 546. The van der Waals surface area contributed by atoms with Crippen LogP contribution in [0.1, 0.15) is 24.4 Å². The van der Waals surface area contributed by atoms with Crippen molar-refractivity contribution in [2.24, 2.45) is 7.05 Å². The molecule has 2 rings (SSSR count). The van der Waals surface area contributed by atoms with E-state index in [2.05, 4.69) is 14.6 Å². The lowest BCUT2D eigenvalue weighted by molar-refractivity contribution is 0.191. The Balaban J connectivity index is 2.28. The van der Waals surface area contributed by atoms with Crippen LogP contribution in [-0.4, -0.2) is 38.9 Å². The van der Waals surface area contributed by atoms with Gasteiger partial charge in [0, 0.05) is 39.6 Å². The van der Waals surface area contributed by atoms with Crippen LogP contribution < -0.4 is 0 Å². The van der Waals surface area contributed by atoms with Gasteiger partial charge in [0.2, 0.25) is 0 Å². The molecular formula is C13H21ClN4O. The second-order valence-corrected chi connectivity index (χ2v) is 5.08. The third kappa shape index (κ3) is 2.92. The van der Waals surface area contributed by atoms with Crippen LogP contribution in [0.2, 0.25) is 0 Å². The van der Waals surface area contributed by atoms with Crippen molar-refractivity contribution in [2.45, 2.75) is 32.7 Å². The van der Waals surface area contributed by atoms with E-state index < -0.39 is 0 Å². The highest BCUT2D eigenvalue weighted by Crippen LogP contribution is 2.20. The number of ether oxygens (including phenoxy) is 1. The number of halogens is 1. The molecule has 6 heteroatoms. The predicted molar refractivity (Wildman–Crippen MR) is 76.8 cm³/mol. The van der Waals surface area contributed by atoms with Crippen LogP contribution in [0.4, 0.5) is 0 Å². The monoisotopic (exact) mass is 284 g/mol. The molecule has 0 saturated carbocycles. The third-order valence-electron chi connectivity index (χ3n) is 3.27. The minimum Gasteiger partial charge on any atom is -0.385 e. The van der Waals surface area contributed by atoms with Crippen LogP contribution in [0.3, 0.4) is 0 Å². The number of fused-ring (bicyclic) bond motifs is 1. The van der Waals surface area contributed by atoms with E-state index in [-0.39, 0.29) is 0 Å². The summed E-state index contributed by atoms with van der Waals surface area (Å²) >= 11 is 5.87. The van der Waals surface area contributed by atoms with Gasteiger partial charge in [-0.3, -0.25) is 4.68 Å². The van der Waals surface area contributed by atoms with Gasteiger partial charge in [0.1, 0.15) is 11.3 Å². The van der Waals surface area contributed by atoms with Gasteiger partial charge >= 0.3 is 0 Å². The number of unbranched alkanes of at least 4 members (excludes halogenated alkanes) is 1. The number of imidazole rings is 1. The fourth-order valence-corrected chi connectivity index (χ4v) is 2.58. The summed E-state index contributed by atoms with van der Waals surface area (Å²) in [6.45, 7) is 3.73. The number of hydrogen-bond donors (Lipinski definition) is 0. The summed E-state index contributed by atoms with van der Waals surface area (Å²) in [7, 11) is 3.70. The number of rotatable bonds is 7. The molecule has 2 aromatic heterocycles. The average Bonchev–Trinajstić information content (AvgIpc) is 2.86. The van der Waals surface area contributed by atoms with Crippen LogP contribution in [0.15, 0.2) is 0 Å². The molecule has 19 heavy (non-hydrogen) atoms. The zero-order chi connectivity index (χ0) is 13.8. The zero-order valence-electron chi connectivity index (χ0n) is 11.8. The molecule has 0 unspecified atom stereocenters. The van der Waals surface area contributed by atoms with E-state index in [4.69, 9.17) is 16.3 Å². The van der Waals surface area contributed by atoms with Crippen molar-refractivity contribution in [3.8, 4) is 0 Å². The summed E-state index contributed by atoms with van der Waals surface area (Å²) < 4.78 is 9.24. The fourth-order valence-electron chi connectivity index (χ4n) is 2.41.